The van der Waals surface area contributed by atoms with Crippen molar-refractivity contribution in [2.45, 2.75) is 12.8 Å². The third-order valence-corrected chi connectivity index (χ3v) is 3.50. The van der Waals surface area contributed by atoms with Gasteiger partial charge in [-0.1, -0.05) is 0 Å². The fourth-order valence-corrected chi connectivity index (χ4v) is 2.17. The number of nitrogens with one attached hydrogen (secondary N) is 1. The lowest BCUT2D eigenvalue weighted by molar-refractivity contribution is -0.140. The van der Waals surface area contributed by atoms with Gasteiger partial charge in [0.25, 0.3) is 0 Å². The van der Waals surface area contributed by atoms with Crippen LogP contribution in [-0.4, -0.2) is 33.2 Å². The number of methoxy groups -OCH3 is 3. The number of amides is 1. The van der Waals surface area contributed by atoms with Crippen LogP contribution in [0.1, 0.15) is 17.9 Å². The van der Waals surface area contributed by atoms with E-state index in [2.05, 4.69) is 10.1 Å². The normalized spacial score (nSPS) is 10.6. The summed E-state index contributed by atoms with van der Waals surface area (Å²) >= 11 is 0. The Kier molecular flexibility index (Phi) is 6.84. The maximum absolute atomic E-state index is 12.1. The second-order valence-electron chi connectivity index (χ2n) is 5.30. The third kappa shape index (κ3) is 5.70. The predicted octanol–water partition coefficient (Wildman–Crippen LogP) is 3.05. The van der Waals surface area contributed by atoms with Crippen LogP contribution in [0.4, 0.5) is 5.69 Å². The Bertz CT molecular complexity index is 771. The van der Waals surface area contributed by atoms with Crippen molar-refractivity contribution in [1.82, 2.24) is 0 Å². The van der Waals surface area contributed by atoms with Crippen LogP contribution in [-0.2, 0) is 20.7 Å². The maximum Gasteiger partial charge on any atom is 0.305 e. The number of hydrogen-bond acceptors (Lipinski definition) is 6. The highest BCUT2D eigenvalue weighted by atomic mass is 16.5. The van der Waals surface area contributed by atoms with E-state index in [-0.39, 0.29) is 18.3 Å². The van der Waals surface area contributed by atoms with Crippen LogP contribution in [0.15, 0.2) is 40.8 Å². The van der Waals surface area contributed by atoms with Gasteiger partial charge in [0.2, 0.25) is 5.91 Å². The molecule has 1 N–H and O–H groups in total. The lowest BCUT2D eigenvalue weighted by atomic mass is 10.2. The minimum atomic E-state index is -0.326. The van der Waals surface area contributed by atoms with E-state index in [0.29, 0.717) is 35.1 Å². The minimum absolute atomic E-state index is 0.241. The van der Waals surface area contributed by atoms with E-state index in [1.54, 1.807) is 36.4 Å². The predicted molar refractivity (Wildman–Crippen MR) is 96.3 cm³/mol. The summed E-state index contributed by atoms with van der Waals surface area (Å²) in [6.45, 7) is 0. The molecule has 0 saturated heterocycles. The molecule has 26 heavy (non-hydrogen) atoms. The van der Waals surface area contributed by atoms with Gasteiger partial charge in [-0.05, 0) is 18.2 Å². The van der Waals surface area contributed by atoms with Crippen LogP contribution in [0, 0.1) is 0 Å². The van der Waals surface area contributed by atoms with Crippen molar-refractivity contribution < 1.29 is 28.2 Å². The monoisotopic (exact) mass is 359 g/mol. The molecule has 138 valence electrons. The Balaban J connectivity index is 1.95. The Morgan fingerprint density at radius 2 is 1.77 bits per heavy atom. The van der Waals surface area contributed by atoms with Crippen molar-refractivity contribution in [2.24, 2.45) is 0 Å². The molecular formula is C19H21NO6. The standard InChI is InChI=1S/C19H21NO6/c1-23-16-10-13(11-17(12-16)24-2)20-18(21)8-6-14-4-5-15(26-14)7-9-19(22)25-3/h4-6,8,10-12H,7,9H2,1-3H3,(H,20,21)/b8-6+. The van der Waals surface area contributed by atoms with Gasteiger partial charge in [-0.2, -0.15) is 0 Å². The molecule has 7 heteroatoms. The molecule has 1 heterocycles. The van der Waals surface area contributed by atoms with Gasteiger partial charge in [0, 0.05) is 36.4 Å². The zero-order chi connectivity index (χ0) is 18.9. The number of ether oxygens (including phenoxy) is 3. The van der Waals surface area contributed by atoms with Gasteiger partial charge in [-0.25, -0.2) is 0 Å². The molecule has 0 fully saturated rings. The van der Waals surface area contributed by atoms with Gasteiger partial charge in [-0.15, -0.1) is 0 Å². The van der Waals surface area contributed by atoms with Gasteiger partial charge in [0.15, 0.2) is 0 Å². The molecule has 2 rings (SSSR count). The minimum Gasteiger partial charge on any atom is -0.497 e. The maximum atomic E-state index is 12.1. The van der Waals surface area contributed by atoms with Crippen LogP contribution < -0.4 is 14.8 Å². The van der Waals surface area contributed by atoms with Gasteiger partial charge in [0.1, 0.15) is 23.0 Å². The molecule has 0 atom stereocenters. The van der Waals surface area contributed by atoms with Crippen LogP contribution >= 0.6 is 0 Å². The highest BCUT2D eigenvalue weighted by Crippen LogP contribution is 2.25. The summed E-state index contributed by atoms with van der Waals surface area (Å²) < 4.78 is 20.4. The Morgan fingerprint density at radius 3 is 2.38 bits per heavy atom. The number of benzene rings is 1. The fraction of sp³-hybridized carbons (Fsp3) is 0.263. The second kappa shape index (κ2) is 9.31. The first-order chi connectivity index (χ1) is 12.5. The quantitative estimate of drug-likeness (QED) is 0.576. The number of furan rings is 1. The summed E-state index contributed by atoms with van der Waals surface area (Å²) in [4.78, 5) is 23.2. The average Bonchev–Trinajstić information content (AvgIpc) is 3.11. The van der Waals surface area contributed by atoms with Crippen molar-refractivity contribution in [2.75, 3.05) is 26.6 Å². The number of carbonyl (C=O) groups excluding carboxylic acids is 2. The summed E-state index contributed by atoms with van der Waals surface area (Å²) in [5.41, 5.74) is 0.550. The van der Waals surface area contributed by atoms with Gasteiger partial charge in [-0.3, -0.25) is 9.59 Å². The van der Waals surface area contributed by atoms with E-state index in [1.165, 1.54) is 27.4 Å². The molecule has 0 radical (unpaired) electrons. The first-order valence-electron chi connectivity index (χ1n) is 7.91. The van der Waals surface area contributed by atoms with Crippen LogP contribution in [0.25, 0.3) is 6.08 Å². The van der Waals surface area contributed by atoms with Gasteiger partial charge < -0.3 is 23.9 Å². The van der Waals surface area contributed by atoms with Crippen molar-refractivity contribution in [3.8, 4) is 11.5 Å². The molecule has 0 bridgehead atoms. The zero-order valence-electron chi connectivity index (χ0n) is 14.9. The van der Waals surface area contributed by atoms with Crippen LogP contribution in [0.3, 0.4) is 0 Å². The smallest absolute Gasteiger partial charge is 0.305 e. The lowest BCUT2D eigenvalue weighted by Crippen LogP contribution is -2.08. The number of aryl methyl sites for hydroxylation is 1. The highest BCUT2D eigenvalue weighted by Gasteiger charge is 2.06. The molecule has 0 unspecified atom stereocenters. The van der Waals surface area contributed by atoms with Crippen molar-refractivity contribution >= 4 is 23.6 Å². The zero-order valence-corrected chi connectivity index (χ0v) is 14.9. The topological polar surface area (TPSA) is 87.0 Å². The number of esters is 1. The van der Waals surface area contributed by atoms with E-state index in [4.69, 9.17) is 13.9 Å². The molecule has 0 saturated carbocycles. The molecule has 0 aliphatic rings. The Labute approximate surface area is 151 Å². The lowest BCUT2D eigenvalue weighted by Gasteiger charge is -2.08. The fourth-order valence-electron chi connectivity index (χ4n) is 2.17. The van der Waals surface area contributed by atoms with Crippen molar-refractivity contribution in [3.05, 3.63) is 47.9 Å². The van der Waals surface area contributed by atoms with Crippen LogP contribution in [0.2, 0.25) is 0 Å². The molecule has 1 amide bonds. The van der Waals surface area contributed by atoms with Crippen LogP contribution in [0.5, 0.6) is 11.5 Å². The molecule has 0 aliphatic heterocycles. The summed E-state index contributed by atoms with van der Waals surface area (Å²) in [7, 11) is 4.42. The van der Waals surface area contributed by atoms with E-state index >= 15 is 0 Å². The van der Waals surface area contributed by atoms with E-state index in [9.17, 15) is 9.59 Å². The molecule has 1 aromatic carbocycles. The summed E-state index contributed by atoms with van der Waals surface area (Å²) in [6, 6.07) is 8.57. The first-order valence-corrected chi connectivity index (χ1v) is 7.91. The van der Waals surface area contributed by atoms with Gasteiger partial charge >= 0.3 is 5.97 Å². The highest BCUT2D eigenvalue weighted by molar-refractivity contribution is 6.02. The first kappa shape index (κ1) is 19.1. The van der Waals surface area contributed by atoms with Crippen molar-refractivity contribution in [3.63, 3.8) is 0 Å². The molecular weight excluding hydrogens is 338 g/mol. The SMILES string of the molecule is COC(=O)CCc1ccc(/C=C/C(=O)Nc2cc(OC)cc(OC)c2)o1. The second-order valence-corrected chi connectivity index (χ2v) is 5.30. The van der Waals surface area contributed by atoms with Gasteiger partial charge in [0.05, 0.1) is 27.8 Å². The molecule has 7 nitrogen and oxygen atoms in total. The number of hydrogen-bond donors (Lipinski definition) is 1. The molecule has 1 aromatic heterocycles. The summed E-state index contributed by atoms with van der Waals surface area (Å²) in [5, 5.41) is 2.73. The van der Waals surface area contributed by atoms with E-state index in [1.807, 2.05) is 0 Å². The summed E-state index contributed by atoms with van der Waals surface area (Å²) in [5.74, 6) is 1.69. The average molecular weight is 359 g/mol. The molecule has 2 aromatic rings. The Morgan fingerprint density at radius 1 is 1.08 bits per heavy atom. The number of carbonyl (C=O) groups is 2. The summed E-state index contributed by atoms with van der Waals surface area (Å²) in [6.07, 6.45) is 3.59. The number of anilines is 1. The van der Waals surface area contributed by atoms with E-state index in [0.717, 1.165) is 0 Å². The number of rotatable bonds is 8. The third-order valence-electron chi connectivity index (χ3n) is 3.50. The molecule has 0 aliphatic carbocycles. The van der Waals surface area contributed by atoms with Crippen molar-refractivity contribution in [1.29, 1.82) is 0 Å². The van der Waals surface area contributed by atoms with E-state index < -0.39 is 0 Å². The largest absolute Gasteiger partial charge is 0.497 e. The molecule has 0 spiro atoms. The Hall–Kier alpha value is -3.22.